The lowest BCUT2D eigenvalue weighted by Gasteiger charge is -2.11. The molecule has 0 radical (unpaired) electrons. The van der Waals surface area contributed by atoms with E-state index in [-0.39, 0.29) is 6.04 Å². The maximum absolute atomic E-state index is 4.77. The minimum absolute atomic E-state index is 0.0799. The maximum Gasteiger partial charge on any atom is 0.0731 e. The summed E-state index contributed by atoms with van der Waals surface area (Å²) in [4.78, 5) is 4.77. The summed E-state index contributed by atoms with van der Waals surface area (Å²) in [5, 5.41) is 0. The van der Waals surface area contributed by atoms with E-state index in [4.69, 9.17) is 4.99 Å². The number of hydrogen-bond acceptors (Lipinski definition) is 1. The Hall–Kier alpha value is -1.71. The zero-order valence-electron chi connectivity index (χ0n) is 13.3. The van der Waals surface area contributed by atoms with Gasteiger partial charge in [0.25, 0.3) is 0 Å². The molecule has 0 N–H and O–H groups in total. The van der Waals surface area contributed by atoms with Crippen LogP contribution in [0, 0.1) is 0 Å². The van der Waals surface area contributed by atoms with Gasteiger partial charge in [-0.3, -0.25) is 4.99 Å². The van der Waals surface area contributed by atoms with E-state index < -0.39 is 0 Å². The average molecular weight is 443 g/mol. The first-order valence-corrected chi connectivity index (χ1v) is 9.36. The summed E-state index contributed by atoms with van der Waals surface area (Å²) in [6, 6.07) is 25.0. The zero-order valence-corrected chi connectivity index (χ0v) is 16.5. The van der Waals surface area contributed by atoms with Crippen molar-refractivity contribution in [3.8, 4) is 11.1 Å². The van der Waals surface area contributed by atoms with Crippen LogP contribution in [-0.4, -0.2) is 6.21 Å². The highest BCUT2D eigenvalue weighted by atomic mass is 79.9. The molecule has 1 atom stereocenters. The third-order valence-corrected chi connectivity index (χ3v) is 5.08. The Morgan fingerprint density at radius 3 is 2.33 bits per heavy atom. The fourth-order valence-electron chi connectivity index (χ4n) is 2.60. The van der Waals surface area contributed by atoms with E-state index in [1.165, 1.54) is 16.7 Å². The van der Waals surface area contributed by atoms with Gasteiger partial charge >= 0.3 is 0 Å². The van der Waals surface area contributed by atoms with Gasteiger partial charge in [-0.25, -0.2) is 0 Å². The van der Waals surface area contributed by atoms with Crippen LogP contribution in [0.5, 0.6) is 0 Å². The Kier molecular flexibility index (Phi) is 5.64. The molecule has 3 rings (SSSR count). The highest BCUT2D eigenvalue weighted by molar-refractivity contribution is 9.11. The predicted molar refractivity (Wildman–Crippen MR) is 110 cm³/mol. The molecule has 3 aromatic carbocycles. The van der Waals surface area contributed by atoms with Crippen LogP contribution >= 0.6 is 31.9 Å². The molecule has 0 fully saturated rings. The highest BCUT2D eigenvalue weighted by Gasteiger charge is 2.08. The van der Waals surface area contributed by atoms with E-state index in [0.717, 1.165) is 14.5 Å². The van der Waals surface area contributed by atoms with Crippen molar-refractivity contribution in [3.05, 3.63) is 92.9 Å². The summed E-state index contributed by atoms with van der Waals surface area (Å²) in [7, 11) is 0. The molecular weight excluding hydrogens is 426 g/mol. The standard InChI is InChI=1S/C21H17Br2N/c1-15(19-12-11-18(22)13-21(19)23)24-14-17-9-5-6-10-20(17)16-7-3-2-4-8-16/h2-15H,1H3. The molecule has 0 bridgehead atoms. The van der Waals surface area contributed by atoms with Gasteiger partial charge in [0.05, 0.1) is 6.04 Å². The van der Waals surface area contributed by atoms with Crippen molar-refractivity contribution >= 4 is 38.1 Å². The van der Waals surface area contributed by atoms with Crippen molar-refractivity contribution in [2.45, 2.75) is 13.0 Å². The first kappa shape index (κ1) is 17.1. The molecule has 0 aliphatic rings. The minimum Gasteiger partial charge on any atom is -0.285 e. The van der Waals surface area contributed by atoms with Gasteiger partial charge in [0.1, 0.15) is 0 Å². The SMILES string of the molecule is CC(N=Cc1ccccc1-c1ccccc1)c1ccc(Br)cc1Br. The van der Waals surface area contributed by atoms with Crippen molar-refractivity contribution in [1.29, 1.82) is 0 Å². The lowest BCUT2D eigenvalue weighted by atomic mass is 10.0. The summed E-state index contributed by atoms with van der Waals surface area (Å²) in [5.74, 6) is 0. The van der Waals surface area contributed by atoms with E-state index in [2.05, 4.69) is 93.4 Å². The van der Waals surface area contributed by atoms with Crippen molar-refractivity contribution < 1.29 is 0 Å². The second kappa shape index (κ2) is 7.91. The molecular formula is C21H17Br2N. The fourth-order valence-corrected chi connectivity index (χ4v) is 3.98. The Morgan fingerprint density at radius 1 is 0.875 bits per heavy atom. The van der Waals surface area contributed by atoms with Gasteiger partial charge in [-0.15, -0.1) is 0 Å². The van der Waals surface area contributed by atoms with Crippen molar-refractivity contribution in [1.82, 2.24) is 0 Å². The molecule has 120 valence electrons. The van der Waals surface area contributed by atoms with Crippen LogP contribution < -0.4 is 0 Å². The fraction of sp³-hybridized carbons (Fsp3) is 0.0952. The van der Waals surface area contributed by atoms with Crippen LogP contribution in [-0.2, 0) is 0 Å². The number of rotatable bonds is 4. The molecule has 3 heteroatoms. The van der Waals surface area contributed by atoms with Gasteiger partial charge in [0.2, 0.25) is 0 Å². The van der Waals surface area contributed by atoms with E-state index in [0.29, 0.717) is 0 Å². The molecule has 0 heterocycles. The van der Waals surface area contributed by atoms with E-state index in [9.17, 15) is 0 Å². The quantitative estimate of drug-likeness (QED) is 0.383. The second-order valence-electron chi connectivity index (χ2n) is 5.57. The molecule has 1 nitrogen and oxygen atoms in total. The first-order chi connectivity index (χ1) is 11.6. The Bertz CT molecular complexity index is 857. The number of benzene rings is 3. The molecule has 0 aromatic heterocycles. The molecule has 0 saturated heterocycles. The molecule has 0 amide bonds. The number of nitrogens with zero attached hydrogens (tertiary/aromatic N) is 1. The largest absolute Gasteiger partial charge is 0.285 e. The maximum atomic E-state index is 4.77. The predicted octanol–water partition coefficient (Wildman–Crippen LogP) is 7.06. The van der Waals surface area contributed by atoms with Gasteiger partial charge in [0.15, 0.2) is 0 Å². The van der Waals surface area contributed by atoms with Gasteiger partial charge in [-0.2, -0.15) is 0 Å². The monoisotopic (exact) mass is 441 g/mol. The molecule has 0 aliphatic heterocycles. The summed E-state index contributed by atoms with van der Waals surface area (Å²) < 4.78 is 2.13. The molecule has 24 heavy (non-hydrogen) atoms. The highest BCUT2D eigenvalue weighted by Crippen LogP contribution is 2.29. The molecule has 0 saturated carbocycles. The molecule has 0 aliphatic carbocycles. The third kappa shape index (κ3) is 4.03. The summed E-state index contributed by atoms with van der Waals surface area (Å²) in [6.07, 6.45) is 1.97. The molecule has 1 unspecified atom stereocenters. The van der Waals surface area contributed by atoms with Crippen LogP contribution in [0.25, 0.3) is 11.1 Å². The third-order valence-electron chi connectivity index (χ3n) is 3.90. The van der Waals surface area contributed by atoms with Crippen LogP contribution in [0.15, 0.2) is 86.7 Å². The normalized spacial score (nSPS) is 12.5. The number of hydrogen-bond donors (Lipinski definition) is 0. The first-order valence-electron chi connectivity index (χ1n) is 7.78. The number of halogens is 2. The zero-order chi connectivity index (χ0) is 16.9. The topological polar surface area (TPSA) is 12.4 Å². The van der Waals surface area contributed by atoms with Crippen LogP contribution in [0.4, 0.5) is 0 Å². The van der Waals surface area contributed by atoms with Gasteiger partial charge in [0, 0.05) is 20.7 Å². The molecule has 3 aromatic rings. The summed E-state index contributed by atoms with van der Waals surface area (Å²) in [5.41, 5.74) is 4.70. The Labute approximate surface area is 159 Å². The van der Waals surface area contributed by atoms with Gasteiger partial charge in [-0.05, 0) is 35.7 Å². The summed E-state index contributed by atoms with van der Waals surface area (Å²) in [6.45, 7) is 2.11. The van der Waals surface area contributed by atoms with Crippen molar-refractivity contribution in [2.24, 2.45) is 4.99 Å². The van der Waals surface area contributed by atoms with Crippen LogP contribution in [0.1, 0.15) is 24.1 Å². The van der Waals surface area contributed by atoms with Crippen molar-refractivity contribution in [3.63, 3.8) is 0 Å². The minimum atomic E-state index is 0.0799. The number of aliphatic imine (C=N–C) groups is 1. The lowest BCUT2D eigenvalue weighted by molar-refractivity contribution is 0.820. The van der Waals surface area contributed by atoms with E-state index in [1.807, 2.05) is 24.4 Å². The van der Waals surface area contributed by atoms with E-state index in [1.54, 1.807) is 0 Å². The second-order valence-corrected chi connectivity index (χ2v) is 7.34. The van der Waals surface area contributed by atoms with Gasteiger partial charge in [-0.1, -0.05) is 92.5 Å². The summed E-state index contributed by atoms with van der Waals surface area (Å²) >= 11 is 7.11. The van der Waals surface area contributed by atoms with Crippen molar-refractivity contribution in [2.75, 3.05) is 0 Å². The molecule has 0 spiro atoms. The Morgan fingerprint density at radius 2 is 1.58 bits per heavy atom. The van der Waals surface area contributed by atoms with Crippen LogP contribution in [0.2, 0.25) is 0 Å². The van der Waals surface area contributed by atoms with Crippen LogP contribution in [0.3, 0.4) is 0 Å². The van der Waals surface area contributed by atoms with Gasteiger partial charge < -0.3 is 0 Å². The van der Waals surface area contributed by atoms with E-state index >= 15 is 0 Å². The lowest BCUT2D eigenvalue weighted by Crippen LogP contribution is -1.94. The Balaban J connectivity index is 1.90. The average Bonchev–Trinajstić information content (AvgIpc) is 2.61. The smallest absolute Gasteiger partial charge is 0.0731 e.